The van der Waals surface area contributed by atoms with Gasteiger partial charge in [-0.2, -0.15) is 0 Å². The van der Waals surface area contributed by atoms with E-state index in [0.29, 0.717) is 0 Å². The number of hydrogen-bond acceptors (Lipinski definition) is 3. The van der Waals surface area contributed by atoms with Crippen molar-refractivity contribution >= 4 is 22.6 Å². The molecule has 0 aromatic heterocycles. The summed E-state index contributed by atoms with van der Waals surface area (Å²) in [6.07, 6.45) is 4.51. The molecule has 0 heterocycles. The fourth-order valence-electron chi connectivity index (χ4n) is 1.09. The Bertz CT molecular complexity index is 159. The van der Waals surface area contributed by atoms with Crippen LogP contribution >= 0.6 is 22.6 Å². The van der Waals surface area contributed by atoms with Gasteiger partial charge in [-0.25, -0.2) is 9.78 Å². The van der Waals surface area contributed by atoms with E-state index in [0.717, 1.165) is 17.3 Å². The molecule has 0 aliphatic heterocycles. The molecular weight excluding hydrogens is 295 g/mol. The highest BCUT2D eigenvalue weighted by molar-refractivity contribution is 14.1. The van der Waals surface area contributed by atoms with Gasteiger partial charge in [-0.3, -0.25) is 0 Å². The molecule has 0 aliphatic carbocycles. The van der Waals surface area contributed by atoms with Crippen molar-refractivity contribution in [3.8, 4) is 0 Å². The molecule has 0 aliphatic rings. The monoisotopic (exact) mass is 314 g/mol. The molecule has 0 bridgehead atoms. The maximum atomic E-state index is 5.34. The van der Waals surface area contributed by atoms with Gasteiger partial charge in [0, 0.05) is 4.43 Å². The summed E-state index contributed by atoms with van der Waals surface area (Å²) in [5.41, 5.74) is 1.37. The van der Waals surface area contributed by atoms with Gasteiger partial charge in [0.15, 0.2) is 6.79 Å². The SMILES string of the molecule is COOCOC(C)C/C(C)=C/CCI. The molecule has 0 amide bonds. The van der Waals surface area contributed by atoms with Crippen molar-refractivity contribution in [1.29, 1.82) is 0 Å². The average molecular weight is 314 g/mol. The van der Waals surface area contributed by atoms with Crippen molar-refractivity contribution in [3.05, 3.63) is 11.6 Å². The summed E-state index contributed by atoms with van der Waals surface area (Å²) in [5.74, 6) is 0. The highest BCUT2D eigenvalue weighted by atomic mass is 127. The first kappa shape index (κ1) is 14.3. The van der Waals surface area contributed by atoms with E-state index in [9.17, 15) is 0 Å². The maximum Gasteiger partial charge on any atom is 0.181 e. The Hall–Kier alpha value is 0.350. The molecule has 0 aromatic rings. The zero-order chi connectivity index (χ0) is 10.8. The van der Waals surface area contributed by atoms with Gasteiger partial charge in [0.2, 0.25) is 0 Å². The second kappa shape index (κ2) is 9.89. The predicted octanol–water partition coefficient (Wildman–Crippen LogP) is 3.09. The van der Waals surface area contributed by atoms with Gasteiger partial charge in [-0.1, -0.05) is 34.2 Å². The third kappa shape index (κ3) is 8.93. The first-order valence-corrected chi connectivity index (χ1v) is 6.22. The van der Waals surface area contributed by atoms with Crippen LogP contribution in [0.4, 0.5) is 0 Å². The highest BCUT2D eigenvalue weighted by Gasteiger charge is 2.02. The number of rotatable bonds is 8. The quantitative estimate of drug-likeness (QED) is 0.131. The van der Waals surface area contributed by atoms with Gasteiger partial charge >= 0.3 is 0 Å². The minimum atomic E-state index is 0.176. The fraction of sp³-hybridized carbons (Fsp3) is 0.800. The van der Waals surface area contributed by atoms with Crippen molar-refractivity contribution < 1.29 is 14.5 Å². The minimum Gasteiger partial charge on any atom is -0.349 e. The summed E-state index contributed by atoms with van der Waals surface area (Å²) in [4.78, 5) is 9.05. The molecule has 4 heteroatoms. The highest BCUT2D eigenvalue weighted by Crippen LogP contribution is 2.09. The Balaban J connectivity index is 3.54. The fourth-order valence-corrected chi connectivity index (χ4v) is 1.40. The largest absolute Gasteiger partial charge is 0.349 e. The summed E-state index contributed by atoms with van der Waals surface area (Å²) in [6.45, 7) is 4.35. The van der Waals surface area contributed by atoms with Crippen molar-refractivity contribution in [2.24, 2.45) is 0 Å². The third-order valence-corrected chi connectivity index (χ3v) is 2.35. The van der Waals surface area contributed by atoms with Crippen LogP contribution in [0.3, 0.4) is 0 Å². The molecule has 0 saturated carbocycles. The van der Waals surface area contributed by atoms with Gasteiger partial charge in [0.25, 0.3) is 0 Å². The van der Waals surface area contributed by atoms with E-state index < -0.39 is 0 Å². The van der Waals surface area contributed by atoms with Gasteiger partial charge < -0.3 is 4.74 Å². The van der Waals surface area contributed by atoms with Crippen LogP contribution in [0.1, 0.15) is 26.7 Å². The summed E-state index contributed by atoms with van der Waals surface area (Å²) in [6, 6.07) is 0. The molecule has 0 aromatic carbocycles. The minimum absolute atomic E-state index is 0.176. The normalized spacial score (nSPS) is 14.4. The average Bonchev–Trinajstić information content (AvgIpc) is 2.15. The number of alkyl halides is 1. The molecule has 1 unspecified atom stereocenters. The van der Waals surface area contributed by atoms with Crippen LogP contribution in [-0.4, -0.2) is 24.4 Å². The first-order chi connectivity index (χ1) is 6.70. The van der Waals surface area contributed by atoms with Gasteiger partial charge in [0.05, 0.1) is 13.2 Å². The summed E-state index contributed by atoms with van der Waals surface area (Å²) in [5, 5.41) is 0. The van der Waals surface area contributed by atoms with E-state index in [1.54, 1.807) is 0 Å². The molecule has 0 N–H and O–H groups in total. The molecule has 0 radical (unpaired) electrons. The Kier molecular flexibility index (Phi) is 10.1. The molecule has 84 valence electrons. The summed E-state index contributed by atoms with van der Waals surface area (Å²) < 4.78 is 6.51. The van der Waals surface area contributed by atoms with Crippen LogP contribution in [0.15, 0.2) is 11.6 Å². The zero-order valence-electron chi connectivity index (χ0n) is 9.09. The molecule has 0 rings (SSSR count). The van der Waals surface area contributed by atoms with Crippen LogP contribution in [0.25, 0.3) is 0 Å². The smallest absolute Gasteiger partial charge is 0.181 e. The lowest BCUT2D eigenvalue weighted by Crippen LogP contribution is -2.11. The molecular formula is C10H19IO3. The molecule has 0 saturated heterocycles. The Morgan fingerprint density at radius 1 is 1.50 bits per heavy atom. The van der Waals surface area contributed by atoms with Crippen molar-refractivity contribution in [3.63, 3.8) is 0 Å². The molecule has 0 fully saturated rings. The Morgan fingerprint density at radius 2 is 2.21 bits per heavy atom. The lowest BCUT2D eigenvalue weighted by molar-refractivity contribution is -0.324. The van der Waals surface area contributed by atoms with E-state index in [-0.39, 0.29) is 12.9 Å². The van der Waals surface area contributed by atoms with Crippen LogP contribution in [0.5, 0.6) is 0 Å². The summed E-state index contributed by atoms with van der Waals surface area (Å²) in [7, 11) is 1.47. The number of ether oxygens (including phenoxy) is 1. The number of hydrogen-bond donors (Lipinski definition) is 0. The van der Waals surface area contributed by atoms with E-state index in [4.69, 9.17) is 4.74 Å². The van der Waals surface area contributed by atoms with Gasteiger partial charge in [0.1, 0.15) is 0 Å². The maximum absolute atomic E-state index is 5.34. The molecule has 14 heavy (non-hydrogen) atoms. The van der Waals surface area contributed by atoms with Crippen LogP contribution in [0.2, 0.25) is 0 Å². The van der Waals surface area contributed by atoms with Crippen LogP contribution < -0.4 is 0 Å². The Morgan fingerprint density at radius 3 is 2.79 bits per heavy atom. The summed E-state index contributed by atoms with van der Waals surface area (Å²) >= 11 is 2.37. The first-order valence-electron chi connectivity index (χ1n) is 4.69. The van der Waals surface area contributed by atoms with E-state index in [2.05, 4.69) is 45.4 Å². The second-order valence-corrected chi connectivity index (χ2v) is 4.19. The standard InChI is InChI=1S/C10H19IO3/c1-9(5-4-6-11)7-10(2)13-8-14-12-3/h5,10H,4,6-8H2,1-3H3/b9-5+. The number of halogens is 1. The van der Waals surface area contributed by atoms with Crippen LogP contribution in [0, 0.1) is 0 Å². The molecule has 1 atom stereocenters. The van der Waals surface area contributed by atoms with E-state index in [1.165, 1.54) is 12.7 Å². The van der Waals surface area contributed by atoms with E-state index in [1.807, 2.05) is 6.92 Å². The van der Waals surface area contributed by atoms with E-state index >= 15 is 0 Å². The van der Waals surface area contributed by atoms with Gasteiger partial charge in [-0.15, -0.1) is 0 Å². The third-order valence-electron chi connectivity index (χ3n) is 1.73. The van der Waals surface area contributed by atoms with Gasteiger partial charge in [-0.05, 0) is 26.7 Å². The molecule has 0 spiro atoms. The Labute approximate surface area is 99.9 Å². The van der Waals surface area contributed by atoms with Crippen molar-refractivity contribution in [2.45, 2.75) is 32.8 Å². The lowest BCUT2D eigenvalue weighted by Gasteiger charge is -2.12. The zero-order valence-corrected chi connectivity index (χ0v) is 11.2. The lowest BCUT2D eigenvalue weighted by atomic mass is 10.1. The van der Waals surface area contributed by atoms with Crippen LogP contribution in [-0.2, 0) is 14.5 Å². The second-order valence-electron chi connectivity index (χ2n) is 3.11. The predicted molar refractivity (Wildman–Crippen MR) is 65.4 cm³/mol. The molecule has 3 nitrogen and oxygen atoms in total. The number of allylic oxidation sites excluding steroid dienone is 1. The van der Waals surface area contributed by atoms with Crippen molar-refractivity contribution in [1.82, 2.24) is 0 Å². The topological polar surface area (TPSA) is 27.7 Å². The van der Waals surface area contributed by atoms with Crippen molar-refractivity contribution in [2.75, 3.05) is 18.3 Å².